The van der Waals surface area contributed by atoms with Crippen molar-refractivity contribution in [3.05, 3.63) is 82.9 Å². The Kier molecular flexibility index (Phi) is 6.88. The summed E-state index contributed by atoms with van der Waals surface area (Å²) < 4.78 is 21.3. The average molecular weight is 486 g/mol. The van der Waals surface area contributed by atoms with Crippen LogP contribution in [0.15, 0.2) is 71.5 Å². The summed E-state index contributed by atoms with van der Waals surface area (Å²) in [7, 11) is 1.63. The lowest BCUT2D eigenvalue weighted by Crippen LogP contribution is -2.42. The fraction of sp³-hybridized carbons (Fsp3) is 0.333. The number of benzene rings is 3. The third kappa shape index (κ3) is 4.78. The molecule has 0 spiro atoms. The zero-order valence-corrected chi connectivity index (χ0v) is 21.1. The molecule has 5 nitrogen and oxygen atoms in total. The molecule has 5 rings (SSSR count). The average Bonchev–Trinajstić information content (AvgIpc) is 2.90. The molecule has 36 heavy (non-hydrogen) atoms. The maximum absolute atomic E-state index is 14.1. The molecular formula is C30H32FN3O2. The lowest BCUT2D eigenvalue weighted by Gasteiger charge is -2.36. The second-order valence-electron chi connectivity index (χ2n) is 9.89. The molecule has 0 aliphatic carbocycles. The molecule has 0 saturated carbocycles. The Morgan fingerprint density at radius 2 is 1.86 bits per heavy atom. The van der Waals surface area contributed by atoms with Crippen LogP contribution < -0.4 is 10.3 Å². The molecule has 0 amide bonds. The van der Waals surface area contributed by atoms with E-state index in [0.717, 1.165) is 42.6 Å². The minimum Gasteiger partial charge on any atom is -0.496 e. The van der Waals surface area contributed by atoms with Crippen molar-refractivity contribution >= 4 is 10.9 Å². The van der Waals surface area contributed by atoms with Gasteiger partial charge in [0.15, 0.2) is 0 Å². The summed E-state index contributed by atoms with van der Waals surface area (Å²) in [6.07, 6.45) is 2.19. The molecule has 0 N–H and O–H groups in total. The zero-order valence-electron chi connectivity index (χ0n) is 21.1. The fourth-order valence-corrected chi connectivity index (χ4v) is 5.25. The van der Waals surface area contributed by atoms with E-state index in [1.165, 1.54) is 12.1 Å². The lowest BCUT2D eigenvalue weighted by atomic mass is 9.96. The first kappa shape index (κ1) is 24.2. The van der Waals surface area contributed by atoms with Crippen molar-refractivity contribution < 1.29 is 9.13 Å². The molecule has 3 aromatic carbocycles. The van der Waals surface area contributed by atoms with Crippen LogP contribution >= 0.6 is 0 Å². The van der Waals surface area contributed by atoms with Gasteiger partial charge in [0.25, 0.3) is 5.56 Å². The summed E-state index contributed by atoms with van der Waals surface area (Å²) in [5.41, 5.74) is 2.85. The summed E-state index contributed by atoms with van der Waals surface area (Å²) in [5, 5.41) is 0.534. The molecule has 0 radical (unpaired) electrons. The van der Waals surface area contributed by atoms with Crippen molar-refractivity contribution in [2.45, 2.75) is 39.3 Å². The quantitative estimate of drug-likeness (QED) is 0.336. The normalized spacial score (nSPS) is 16.5. The van der Waals surface area contributed by atoms with Gasteiger partial charge in [-0.1, -0.05) is 30.3 Å². The fourth-order valence-electron chi connectivity index (χ4n) is 5.25. The summed E-state index contributed by atoms with van der Waals surface area (Å²) >= 11 is 0. The number of para-hydroxylation sites is 1. The van der Waals surface area contributed by atoms with Gasteiger partial charge < -0.3 is 9.64 Å². The number of hydrogen-bond acceptors (Lipinski definition) is 4. The van der Waals surface area contributed by atoms with Crippen molar-refractivity contribution in [1.29, 1.82) is 0 Å². The highest BCUT2D eigenvalue weighted by atomic mass is 19.1. The van der Waals surface area contributed by atoms with E-state index in [9.17, 15) is 9.18 Å². The van der Waals surface area contributed by atoms with E-state index < -0.39 is 0 Å². The van der Waals surface area contributed by atoms with E-state index >= 15 is 0 Å². The number of rotatable bonds is 6. The van der Waals surface area contributed by atoms with Gasteiger partial charge in [-0.3, -0.25) is 9.36 Å². The Hall–Kier alpha value is -3.51. The smallest absolute Gasteiger partial charge is 0.261 e. The molecule has 6 heteroatoms. The van der Waals surface area contributed by atoms with Gasteiger partial charge in [0.1, 0.15) is 17.4 Å². The van der Waals surface area contributed by atoms with Gasteiger partial charge in [0.2, 0.25) is 0 Å². The first-order valence-corrected chi connectivity index (χ1v) is 12.6. The molecule has 1 fully saturated rings. The molecule has 2 heterocycles. The minimum atomic E-state index is -0.304. The van der Waals surface area contributed by atoms with Gasteiger partial charge >= 0.3 is 0 Å². The van der Waals surface area contributed by atoms with Crippen molar-refractivity contribution in [3.63, 3.8) is 0 Å². The Labute approximate surface area is 211 Å². The predicted octanol–water partition coefficient (Wildman–Crippen LogP) is 6.00. The third-order valence-electron chi connectivity index (χ3n) is 7.18. The second-order valence-corrected chi connectivity index (χ2v) is 9.89. The van der Waals surface area contributed by atoms with E-state index in [0.29, 0.717) is 41.0 Å². The van der Waals surface area contributed by atoms with Gasteiger partial charge in [-0.2, -0.15) is 0 Å². The molecule has 4 aromatic rings. The topological polar surface area (TPSA) is 47.4 Å². The van der Waals surface area contributed by atoms with Crippen LogP contribution in [0, 0.1) is 11.7 Å². The molecule has 186 valence electrons. The zero-order chi connectivity index (χ0) is 25.2. The van der Waals surface area contributed by atoms with E-state index in [2.05, 4.69) is 18.7 Å². The number of piperidine rings is 1. The minimum absolute atomic E-state index is 0.0826. The van der Waals surface area contributed by atoms with Crippen molar-refractivity contribution in [1.82, 2.24) is 14.5 Å². The van der Waals surface area contributed by atoms with Crippen LogP contribution in [-0.2, 0) is 6.54 Å². The lowest BCUT2D eigenvalue weighted by molar-refractivity contribution is 0.130. The van der Waals surface area contributed by atoms with Crippen molar-refractivity contribution in [3.8, 4) is 28.3 Å². The van der Waals surface area contributed by atoms with Crippen molar-refractivity contribution in [2.75, 3.05) is 20.2 Å². The van der Waals surface area contributed by atoms with E-state index in [-0.39, 0.29) is 11.4 Å². The Morgan fingerprint density at radius 1 is 1.06 bits per heavy atom. The Morgan fingerprint density at radius 3 is 2.64 bits per heavy atom. The summed E-state index contributed by atoms with van der Waals surface area (Å²) in [6.45, 7) is 7.08. The Balaban J connectivity index is 1.66. The van der Waals surface area contributed by atoms with Crippen LogP contribution in [0.2, 0.25) is 0 Å². The summed E-state index contributed by atoms with van der Waals surface area (Å²) in [6, 6.07) is 20.2. The standard InChI is InChI=1S/C30H32FN3O2/c1-20(2)33-15-7-8-21(18-33)19-34-29(25-11-4-5-12-28(25)36-3)32-27-14-13-23(17-26(27)30(34)35)22-9-6-10-24(31)16-22/h4-6,9-14,16-17,20-21H,7-8,15,18-19H2,1-3H3. The second kappa shape index (κ2) is 10.2. The van der Waals surface area contributed by atoms with Crippen molar-refractivity contribution in [2.24, 2.45) is 5.92 Å². The van der Waals surface area contributed by atoms with E-state index in [4.69, 9.17) is 9.72 Å². The van der Waals surface area contributed by atoms with Crippen LogP contribution in [0.4, 0.5) is 4.39 Å². The highest BCUT2D eigenvalue weighted by molar-refractivity contribution is 5.85. The molecule has 1 aromatic heterocycles. The number of likely N-dealkylation sites (tertiary alicyclic amines) is 1. The van der Waals surface area contributed by atoms with Crippen LogP contribution in [-0.4, -0.2) is 40.7 Å². The summed E-state index contributed by atoms with van der Waals surface area (Å²) in [5.74, 6) is 1.34. The van der Waals surface area contributed by atoms with Gasteiger partial charge in [0.05, 0.1) is 23.6 Å². The largest absolute Gasteiger partial charge is 0.496 e. The first-order chi connectivity index (χ1) is 17.4. The predicted molar refractivity (Wildman–Crippen MR) is 143 cm³/mol. The first-order valence-electron chi connectivity index (χ1n) is 12.6. The molecule has 1 unspecified atom stereocenters. The number of hydrogen-bond donors (Lipinski definition) is 0. The molecular weight excluding hydrogens is 453 g/mol. The van der Waals surface area contributed by atoms with Gasteiger partial charge in [-0.05, 0) is 86.7 Å². The third-order valence-corrected chi connectivity index (χ3v) is 7.18. The number of halogens is 1. The summed E-state index contributed by atoms with van der Waals surface area (Å²) in [4.78, 5) is 21.5. The van der Waals surface area contributed by atoms with Crippen LogP contribution in [0.25, 0.3) is 33.4 Å². The number of nitrogens with zero attached hydrogens (tertiary/aromatic N) is 3. The number of ether oxygens (including phenoxy) is 1. The molecule has 1 saturated heterocycles. The Bertz CT molecular complexity index is 1450. The van der Waals surface area contributed by atoms with Gasteiger partial charge in [0, 0.05) is 19.1 Å². The van der Waals surface area contributed by atoms with Gasteiger partial charge in [-0.25, -0.2) is 9.37 Å². The molecule has 0 bridgehead atoms. The molecule has 1 atom stereocenters. The maximum Gasteiger partial charge on any atom is 0.261 e. The monoisotopic (exact) mass is 485 g/mol. The highest BCUT2D eigenvalue weighted by Gasteiger charge is 2.25. The SMILES string of the molecule is COc1ccccc1-c1nc2ccc(-c3cccc(F)c3)cc2c(=O)n1CC1CCCN(C(C)C)C1. The number of fused-ring (bicyclic) bond motifs is 1. The maximum atomic E-state index is 14.1. The highest BCUT2D eigenvalue weighted by Crippen LogP contribution is 2.31. The number of methoxy groups -OCH3 is 1. The van der Waals surface area contributed by atoms with E-state index in [1.807, 2.05) is 53.1 Å². The van der Waals surface area contributed by atoms with E-state index in [1.54, 1.807) is 13.2 Å². The number of aromatic nitrogens is 2. The van der Waals surface area contributed by atoms with Gasteiger partial charge in [-0.15, -0.1) is 0 Å². The van der Waals surface area contributed by atoms with Crippen LogP contribution in [0.1, 0.15) is 26.7 Å². The molecule has 1 aliphatic heterocycles. The molecule has 1 aliphatic rings. The van der Waals surface area contributed by atoms with Crippen LogP contribution in [0.3, 0.4) is 0 Å². The van der Waals surface area contributed by atoms with Crippen LogP contribution in [0.5, 0.6) is 5.75 Å².